The molecular weight excluding hydrogens is 206 g/mol. The summed E-state index contributed by atoms with van der Waals surface area (Å²) in [7, 11) is 0. The number of imide groups is 1. The van der Waals surface area contributed by atoms with E-state index in [0.29, 0.717) is 5.82 Å². The molecule has 0 bridgehead atoms. The predicted octanol–water partition coefficient (Wildman–Crippen LogP) is 0.169. The van der Waals surface area contributed by atoms with Crippen molar-refractivity contribution in [2.45, 2.75) is 13.0 Å². The highest BCUT2D eigenvalue weighted by Crippen LogP contribution is 2.47. The van der Waals surface area contributed by atoms with Crippen molar-refractivity contribution in [3.05, 3.63) is 23.9 Å². The lowest BCUT2D eigenvalue weighted by Crippen LogP contribution is -2.32. The summed E-state index contributed by atoms with van der Waals surface area (Å²) in [6, 6.07) is 3.53. The van der Waals surface area contributed by atoms with Crippen molar-refractivity contribution in [1.29, 1.82) is 0 Å². The second-order valence-electron chi connectivity index (χ2n) is 4.26. The van der Waals surface area contributed by atoms with Gasteiger partial charge in [-0.05, 0) is 12.5 Å². The molecular formula is C11H11N3O2. The molecule has 5 nitrogen and oxygen atoms in total. The van der Waals surface area contributed by atoms with Crippen molar-refractivity contribution in [2.24, 2.45) is 11.8 Å². The third-order valence-electron chi connectivity index (χ3n) is 3.21. The van der Waals surface area contributed by atoms with Crippen LogP contribution in [-0.4, -0.2) is 21.7 Å². The molecule has 0 aromatic carbocycles. The molecule has 2 aliphatic rings. The van der Waals surface area contributed by atoms with Crippen molar-refractivity contribution < 1.29 is 9.59 Å². The first-order valence-corrected chi connectivity index (χ1v) is 5.23. The van der Waals surface area contributed by atoms with Crippen LogP contribution < -0.4 is 5.73 Å². The average Bonchev–Trinajstić information content (AvgIpc) is 3.02. The van der Waals surface area contributed by atoms with E-state index in [2.05, 4.69) is 4.98 Å². The Morgan fingerprint density at radius 3 is 2.69 bits per heavy atom. The van der Waals surface area contributed by atoms with E-state index in [4.69, 9.17) is 5.73 Å². The van der Waals surface area contributed by atoms with Crippen LogP contribution in [-0.2, 0) is 16.1 Å². The van der Waals surface area contributed by atoms with Gasteiger partial charge in [0.05, 0.1) is 18.4 Å². The van der Waals surface area contributed by atoms with Crippen LogP contribution in [0.2, 0.25) is 0 Å². The number of carbonyl (C=O) groups is 2. The van der Waals surface area contributed by atoms with Gasteiger partial charge in [-0.1, -0.05) is 6.07 Å². The topological polar surface area (TPSA) is 76.3 Å². The van der Waals surface area contributed by atoms with Crippen LogP contribution in [0.4, 0.5) is 5.82 Å². The molecule has 5 heteroatoms. The van der Waals surface area contributed by atoms with Gasteiger partial charge in [-0.3, -0.25) is 14.5 Å². The highest BCUT2D eigenvalue weighted by atomic mass is 16.2. The third kappa shape index (κ3) is 1.21. The molecule has 1 aromatic rings. The number of nitrogens with zero attached hydrogens (tertiary/aromatic N) is 2. The Kier molecular flexibility index (Phi) is 1.77. The van der Waals surface area contributed by atoms with Crippen molar-refractivity contribution in [1.82, 2.24) is 9.88 Å². The largest absolute Gasteiger partial charge is 0.383 e. The molecule has 1 aliphatic heterocycles. The molecule has 0 radical (unpaired) electrons. The fraction of sp³-hybridized carbons (Fsp3) is 0.364. The SMILES string of the molecule is Nc1ncccc1CN1C(=O)C2CC2C1=O. The Balaban J connectivity index is 1.83. The van der Waals surface area contributed by atoms with Crippen LogP contribution in [0.1, 0.15) is 12.0 Å². The van der Waals surface area contributed by atoms with Crippen molar-refractivity contribution >= 4 is 17.6 Å². The van der Waals surface area contributed by atoms with E-state index in [1.807, 2.05) is 0 Å². The fourth-order valence-electron chi connectivity index (χ4n) is 2.16. The first-order valence-electron chi connectivity index (χ1n) is 5.23. The molecule has 2 amide bonds. The standard InChI is InChI=1S/C11H11N3O2/c12-9-6(2-1-3-13-9)5-14-10(15)7-4-8(7)11(14)16/h1-3,7-8H,4-5H2,(H2,12,13). The summed E-state index contributed by atoms with van der Waals surface area (Å²) in [5.41, 5.74) is 6.40. The summed E-state index contributed by atoms with van der Waals surface area (Å²) >= 11 is 0. The number of nitrogens with two attached hydrogens (primary N) is 1. The Hall–Kier alpha value is -1.91. The van der Waals surface area contributed by atoms with Crippen LogP contribution in [0, 0.1) is 11.8 Å². The Morgan fingerprint density at radius 2 is 2.06 bits per heavy atom. The molecule has 2 unspecified atom stereocenters. The highest BCUT2D eigenvalue weighted by molar-refractivity contribution is 6.08. The lowest BCUT2D eigenvalue weighted by Gasteiger charge is -2.16. The number of anilines is 1. The molecule has 2 atom stereocenters. The number of hydrogen-bond acceptors (Lipinski definition) is 4. The van der Waals surface area contributed by atoms with E-state index in [-0.39, 0.29) is 30.2 Å². The summed E-state index contributed by atoms with van der Waals surface area (Å²) in [4.78, 5) is 28.7. The van der Waals surface area contributed by atoms with Crippen LogP contribution in [0.3, 0.4) is 0 Å². The minimum atomic E-state index is -0.0572. The van der Waals surface area contributed by atoms with E-state index < -0.39 is 0 Å². The van der Waals surface area contributed by atoms with Gasteiger partial charge in [0, 0.05) is 11.8 Å². The molecule has 1 saturated heterocycles. The molecule has 2 heterocycles. The smallest absolute Gasteiger partial charge is 0.233 e. The van der Waals surface area contributed by atoms with E-state index in [1.165, 1.54) is 4.90 Å². The van der Waals surface area contributed by atoms with Crippen LogP contribution in [0.25, 0.3) is 0 Å². The number of hydrogen-bond donors (Lipinski definition) is 1. The van der Waals surface area contributed by atoms with E-state index in [0.717, 1.165) is 12.0 Å². The average molecular weight is 217 g/mol. The Labute approximate surface area is 92.3 Å². The molecule has 1 aliphatic carbocycles. The minimum Gasteiger partial charge on any atom is -0.383 e. The lowest BCUT2D eigenvalue weighted by atomic mass is 10.2. The first kappa shape index (κ1) is 9.33. The molecule has 16 heavy (non-hydrogen) atoms. The lowest BCUT2D eigenvalue weighted by molar-refractivity contribution is -0.142. The third-order valence-corrected chi connectivity index (χ3v) is 3.21. The zero-order chi connectivity index (χ0) is 11.3. The number of pyridine rings is 1. The fourth-order valence-corrected chi connectivity index (χ4v) is 2.16. The zero-order valence-electron chi connectivity index (χ0n) is 8.59. The van der Waals surface area contributed by atoms with Crippen LogP contribution in [0.5, 0.6) is 0 Å². The Morgan fingerprint density at radius 1 is 1.38 bits per heavy atom. The summed E-state index contributed by atoms with van der Waals surface area (Å²) in [6.45, 7) is 0.254. The molecule has 3 rings (SSSR count). The molecule has 1 aromatic heterocycles. The van der Waals surface area contributed by atoms with Crippen LogP contribution in [0.15, 0.2) is 18.3 Å². The predicted molar refractivity (Wildman–Crippen MR) is 55.8 cm³/mol. The zero-order valence-corrected chi connectivity index (χ0v) is 8.59. The van der Waals surface area contributed by atoms with Gasteiger partial charge in [0.2, 0.25) is 11.8 Å². The molecule has 2 N–H and O–H groups in total. The van der Waals surface area contributed by atoms with E-state index in [1.54, 1.807) is 18.3 Å². The first-order chi connectivity index (χ1) is 7.68. The maximum absolute atomic E-state index is 11.7. The summed E-state index contributed by atoms with van der Waals surface area (Å²) in [5.74, 6) is 0.163. The number of rotatable bonds is 2. The monoisotopic (exact) mass is 217 g/mol. The van der Waals surface area contributed by atoms with Gasteiger partial charge < -0.3 is 5.73 Å². The normalized spacial score (nSPS) is 27.1. The van der Waals surface area contributed by atoms with Gasteiger partial charge in [-0.15, -0.1) is 0 Å². The minimum absolute atomic E-state index is 0.0506. The summed E-state index contributed by atoms with van der Waals surface area (Å²) in [5, 5.41) is 0. The van der Waals surface area contributed by atoms with E-state index in [9.17, 15) is 9.59 Å². The number of nitrogen functional groups attached to an aromatic ring is 1. The maximum Gasteiger partial charge on any atom is 0.233 e. The second kappa shape index (κ2) is 3.04. The van der Waals surface area contributed by atoms with Gasteiger partial charge >= 0.3 is 0 Å². The summed E-state index contributed by atoms with van der Waals surface area (Å²) in [6.07, 6.45) is 2.32. The van der Waals surface area contributed by atoms with E-state index >= 15 is 0 Å². The molecule has 2 fully saturated rings. The highest BCUT2D eigenvalue weighted by Gasteiger charge is 2.58. The van der Waals surface area contributed by atoms with Crippen molar-refractivity contribution in [3.63, 3.8) is 0 Å². The number of fused-ring (bicyclic) bond motifs is 1. The van der Waals surface area contributed by atoms with Gasteiger partial charge in [0.15, 0.2) is 0 Å². The number of piperidine rings is 1. The number of likely N-dealkylation sites (tertiary alicyclic amines) is 1. The summed E-state index contributed by atoms with van der Waals surface area (Å²) < 4.78 is 0. The number of carbonyl (C=O) groups excluding carboxylic acids is 2. The second-order valence-corrected chi connectivity index (χ2v) is 4.26. The number of aromatic nitrogens is 1. The van der Waals surface area contributed by atoms with Crippen molar-refractivity contribution in [3.8, 4) is 0 Å². The van der Waals surface area contributed by atoms with Gasteiger partial charge in [0.25, 0.3) is 0 Å². The Bertz CT molecular complexity index is 466. The van der Waals surface area contributed by atoms with Crippen LogP contribution >= 0.6 is 0 Å². The maximum atomic E-state index is 11.7. The van der Waals surface area contributed by atoms with Gasteiger partial charge in [-0.2, -0.15) is 0 Å². The quantitative estimate of drug-likeness (QED) is 0.716. The van der Waals surface area contributed by atoms with Gasteiger partial charge in [0.1, 0.15) is 5.82 Å². The number of amides is 2. The molecule has 0 spiro atoms. The van der Waals surface area contributed by atoms with Gasteiger partial charge in [-0.25, -0.2) is 4.98 Å². The van der Waals surface area contributed by atoms with Crippen molar-refractivity contribution in [2.75, 3.05) is 5.73 Å². The molecule has 82 valence electrons. The molecule has 1 saturated carbocycles.